The summed E-state index contributed by atoms with van der Waals surface area (Å²) in [6, 6.07) is 19.4. The first-order chi connectivity index (χ1) is 39.9. The summed E-state index contributed by atoms with van der Waals surface area (Å²) in [5.74, 6) is -7.85. The Kier molecular flexibility index (Phi) is 15.9. The Balaban J connectivity index is 1.07. The fourth-order valence-electron chi connectivity index (χ4n) is 13.1. The smallest absolute Gasteiger partial charge is 0.325 e. The van der Waals surface area contributed by atoms with Crippen molar-refractivity contribution in [2.45, 2.75) is 115 Å². The molecule has 24 heteroatoms. The summed E-state index contributed by atoms with van der Waals surface area (Å²) < 4.78 is 0. The zero-order valence-corrected chi connectivity index (χ0v) is 48.2. The van der Waals surface area contributed by atoms with Gasteiger partial charge in [-0.3, -0.25) is 57.9 Å². The molecule has 444 valence electrons. The Morgan fingerprint density at radius 1 is 0.381 bits per heavy atom. The SMILES string of the molecule is CC(C)CN1CC(=O)N2C[C@@]3(C[C@@H]2C(=O)N(CC(C)C)CC(=O)N2C[C@@]4(C[C@@H]2C(=O)N(CC(C)C)CC(=O)N2C[C@@]5(C[C@@H]2C1=O)NC(=O)N(Cc1ccccc1)C5=O)NC(=O)N(Cc1ccccc1)C4=O)NC(=O)N(Cc1ccccc1)C3=O. The van der Waals surface area contributed by atoms with Crippen LogP contribution in [0.1, 0.15) is 77.5 Å². The number of amides is 15. The maximum Gasteiger partial charge on any atom is 0.325 e. The summed E-state index contributed by atoms with van der Waals surface area (Å²) >= 11 is 0. The number of rotatable bonds is 12. The van der Waals surface area contributed by atoms with Crippen LogP contribution in [0.25, 0.3) is 0 Å². The highest BCUT2D eigenvalue weighted by Gasteiger charge is 2.64. The van der Waals surface area contributed by atoms with Gasteiger partial charge in [0.1, 0.15) is 34.7 Å². The van der Waals surface area contributed by atoms with Crippen LogP contribution in [-0.2, 0) is 62.8 Å². The molecule has 3 N–H and O–H groups in total. The molecule has 0 aliphatic carbocycles. The molecule has 6 atom stereocenters. The van der Waals surface area contributed by atoms with Gasteiger partial charge in [-0.25, -0.2) is 14.4 Å². The maximum absolute atomic E-state index is 15.6. The molecule has 24 nitrogen and oxygen atoms in total. The largest absolute Gasteiger partial charge is 0.331 e. The van der Waals surface area contributed by atoms with Crippen molar-refractivity contribution in [2.75, 3.05) is 58.9 Å². The molecule has 0 radical (unpaired) electrons. The van der Waals surface area contributed by atoms with Gasteiger partial charge in [-0.15, -0.1) is 0 Å². The zero-order chi connectivity index (χ0) is 60.2. The van der Waals surface area contributed by atoms with E-state index in [0.717, 1.165) is 29.4 Å². The summed E-state index contributed by atoms with van der Waals surface area (Å²) in [5.41, 5.74) is -3.65. The molecule has 0 aromatic heterocycles. The van der Waals surface area contributed by atoms with Gasteiger partial charge >= 0.3 is 18.1 Å². The Bertz CT molecular complexity index is 2850. The summed E-state index contributed by atoms with van der Waals surface area (Å²) in [6.07, 6.45) is -1.29. The summed E-state index contributed by atoms with van der Waals surface area (Å²) in [6.45, 7) is 6.47. The number of carbonyl (C=O) groups excluding carboxylic acids is 12. The second-order valence-electron chi connectivity index (χ2n) is 24.7. The number of fused-ring (bicyclic) bond motifs is 3. The van der Waals surface area contributed by atoms with Gasteiger partial charge in [0, 0.05) is 38.9 Å². The van der Waals surface area contributed by atoms with Gasteiger partial charge in [0.25, 0.3) is 17.7 Å². The molecule has 15 amide bonds. The molecule has 3 aromatic carbocycles. The molecular weight excluding hydrogens is 1080 g/mol. The van der Waals surface area contributed by atoms with Crippen LogP contribution < -0.4 is 16.0 Å². The molecule has 0 saturated carbocycles. The van der Waals surface area contributed by atoms with Gasteiger partial charge in [0.15, 0.2) is 0 Å². The lowest BCUT2D eigenvalue weighted by molar-refractivity contribution is -0.154. The first-order valence-electron chi connectivity index (χ1n) is 28.7. The predicted octanol–water partition coefficient (Wildman–Crippen LogP) is 1.73. The van der Waals surface area contributed by atoms with E-state index in [4.69, 9.17) is 0 Å². The molecule has 0 unspecified atom stereocenters. The molecule has 0 bridgehead atoms. The molecule has 7 aliphatic rings. The summed E-state index contributed by atoms with van der Waals surface area (Å²) in [7, 11) is 0. The average Bonchev–Trinajstić information content (AvgIpc) is 1.72. The van der Waals surface area contributed by atoms with Gasteiger partial charge in [-0.05, 0) is 34.4 Å². The van der Waals surface area contributed by atoms with Crippen molar-refractivity contribution in [3.8, 4) is 0 Å². The lowest BCUT2D eigenvalue weighted by Gasteiger charge is -2.36. The van der Waals surface area contributed by atoms with E-state index in [1.54, 1.807) is 133 Å². The minimum Gasteiger partial charge on any atom is -0.331 e. The summed E-state index contributed by atoms with van der Waals surface area (Å²) in [5, 5.41) is 8.39. The van der Waals surface area contributed by atoms with Gasteiger partial charge < -0.3 is 45.3 Å². The fraction of sp³-hybridized carbons (Fsp3) is 0.500. The third-order valence-corrected chi connectivity index (χ3v) is 16.8. The lowest BCUT2D eigenvalue weighted by Crippen LogP contribution is -2.58. The minimum atomic E-state index is -1.85. The lowest BCUT2D eigenvalue weighted by atomic mass is 9.95. The van der Waals surface area contributed by atoms with Crippen LogP contribution in [0.4, 0.5) is 14.4 Å². The topological polar surface area (TPSA) is 270 Å². The highest BCUT2D eigenvalue weighted by Crippen LogP contribution is 2.39. The first kappa shape index (κ1) is 58.5. The number of carbonyl (C=O) groups is 12. The normalized spacial score (nSPS) is 27.2. The highest BCUT2D eigenvalue weighted by atomic mass is 16.2. The molecule has 10 rings (SSSR count). The van der Waals surface area contributed by atoms with Gasteiger partial charge in [-0.2, -0.15) is 0 Å². The average molecular weight is 1150 g/mol. The van der Waals surface area contributed by atoms with Gasteiger partial charge in [-0.1, -0.05) is 133 Å². The first-order valence-corrected chi connectivity index (χ1v) is 28.7. The highest BCUT2D eigenvalue weighted by molar-refractivity contribution is 6.11. The Morgan fingerprint density at radius 2 is 0.619 bits per heavy atom. The number of hydrogen-bond acceptors (Lipinski definition) is 12. The number of benzene rings is 3. The van der Waals surface area contributed by atoms with E-state index in [-0.39, 0.29) is 57.0 Å². The van der Waals surface area contributed by atoms with E-state index in [2.05, 4.69) is 16.0 Å². The molecule has 3 spiro atoms. The Hall–Kier alpha value is -8.70. The van der Waals surface area contributed by atoms with Gasteiger partial charge in [0.05, 0.1) is 58.9 Å². The standard InChI is InChI=1S/C60H72N12O12/c1-37(2)25-64-31-46(73)71-35-59(53(80)68(56(83)62-59)29-41-18-12-8-13-19-41)23-44(71)50(77)66(27-39(5)6)33-48(75)72-36-60(54(81)69(57(84)63-60)30-42-20-14-9-15-21-42)24-45(72)51(78)65(26-38(3)4)32-47(74)70-34-58(22-43(70)49(64)76)52(79)67(55(82)61-58)28-40-16-10-7-11-17-40/h7-21,37-39,43-45H,22-36H2,1-6H3,(H,61,82)(H,62,83)(H,63,84)/t43-,44-,45-,58-,59-,60-/m1/s1. The van der Waals surface area contributed by atoms with Crippen molar-refractivity contribution in [3.05, 3.63) is 108 Å². The number of hydrogen-bond donors (Lipinski definition) is 3. The van der Waals surface area contributed by atoms with Crippen LogP contribution in [0.15, 0.2) is 91.0 Å². The number of imide groups is 3. The number of nitrogens with zero attached hydrogens (tertiary/aromatic N) is 9. The quantitative estimate of drug-likeness (QED) is 0.219. The molecule has 7 fully saturated rings. The van der Waals surface area contributed by atoms with Crippen LogP contribution in [-0.4, -0.2) is 209 Å². The van der Waals surface area contributed by atoms with E-state index in [0.29, 0.717) is 16.7 Å². The van der Waals surface area contributed by atoms with Crippen LogP contribution in [0, 0.1) is 17.8 Å². The van der Waals surface area contributed by atoms with E-state index in [1.165, 1.54) is 14.7 Å². The minimum absolute atomic E-state index is 0.0854. The van der Waals surface area contributed by atoms with Gasteiger partial charge in [0.2, 0.25) is 35.4 Å². The Morgan fingerprint density at radius 3 is 0.845 bits per heavy atom. The van der Waals surface area contributed by atoms with Crippen molar-refractivity contribution in [3.63, 3.8) is 0 Å². The second-order valence-corrected chi connectivity index (χ2v) is 24.7. The summed E-state index contributed by atoms with van der Waals surface area (Å²) in [4.78, 5) is 189. The fourth-order valence-corrected chi connectivity index (χ4v) is 13.1. The van der Waals surface area contributed by atoms with E-state index in [9.17, 15) is 28.8 Å². The van der Waals surface area contributed by atoms with Crippen molar-refractivity contribution in [1.82, 2.24) is 60.0 Å². The molecule has 7 heterocycles. The molecule has 3 aromatic rings. The van der Waals surface area contributed by atoms with Crippen LogP contribution >= 0.6 is 0 Å². The molecular formula is C60H72N12O12. The van der Waals surface area contributed by atoms with E-state index < -0.39 is 165 Å². The van der Waals surface area contributed by atoms with Crippen LogP contribution in [0.5, 0.6) is 0 Å². The van der Waals surface area contributed by atoms with E-state index in [1.807, 2.05) is 0 Å². The van der Waals surface area contributed by atoms with E-state index >= 15 is 28.8 Å². The monoisotopic (exact) mass is 1150 g/mol. The number of urea groups is 3. The third-order valence-electron chi connectivity index (χ3n) is 16.8. The number of nitrogens with one attached hydrogen (secondary N) is 3. The maximum atomic E-state index is 15.6. The van der Waals surface area contributed by atoms with Crippen LogP contribution in [0.3, 0.4) is 0 Å². The predicted molar refractivity (Wildman–Crippen MR) is 299 cm³/mol. The Labute approximate surface area is 486 Å². The zero-order valence-electron chi connectivity index (χ0n) is 48.2. The van der Waals surface area contributed by atoms with Crippen molar-refractivity contribution in [1.29, 1.82) is 0 Å². The molecule has 7 saturated heterocycles. The molecule has 84 heavy (non-hydrogen) atoms. The van der Waals surface area contributed by atoms with Crippen molar-refractivity contribution >= 4 is 71.3 Å². The molecule has 7 aliphatic heterocycles. The second kappa shape index (κ2) is 22.8. The van der Waals surface area contributed by atoms with Crippen molar-refractivity contribution < 1.29 is 57.5 Å². The third kappa shape index (κ3) is 11.0. The van der Waals surface area contributed by atoms with Crippen LogP contribution in [0.2, 0.25) is 0 Å². The van der Waals surface area contributed by atoms with Crippen molar-refractivity contribution in [2.24, 2.45) is 17.8 Å².